The third-order valence-electron chi connectivity index (χ3n) is 4.58. The van der Waals surface area contributed by atoms with Gasteiger partial charge in [0.2, 0.25) is 0 Å². The largest absolute Gasteiger partial charge is 0.309 e. The minimum Gasteiger partial charge on any atom is -0.309 e. The smallest absolute Gasteiger partial charge is 0.0252 e. The third-order valence-corrected chi connectivity index (χ3v) is 4.58. The molecule has 0 aromatic rings. The summed E-state index contributed by atoms with van der Waals surface area (Å²) in [5.74, 6) is 0.734. The third kappa shape index (κ3) is 3.96. The molecule has 0 aliphatic carbocycles. The van der Waals surface area contributed by atoms with E-state index in [9.17, 15) is 0 Å². The van der Waals surface area contributed by atoms with Crippen LogP contribution in [-0.2, 0) is 0 Å². The normalized spacial score (nSPS) is 26.5. The van der Waals surface area contributed by atoms with Crippen LogP contribution in [0.15, 0.2) is 0 Å². The molecule has 1 atom stereocenters. The molecule has 0 aromatic heterocycles. The molecule has 0 aromatic carbocycles. The predicted molar refractivity (Wildman–Crippen MR) is 76.4 cm³/mol. The summed E-state index contributed by atoms with van der Waals surface area (Å²) in [7, 11) is 0. The van der Waals surface area contributed by atoms with Gasteiger partial charge in [0.25, 0.3) is 0 Å². The first-order chi connectivity index (χ1) is 7.68. The Morgan fingerprint density at radius 1 is 1.35 bits per heavy atom. The predicted octanol–water partition coefficient (Wildman–Crippen LogP) is 3.13. The lowest BCUT2D eigenvalue weighted by molar-refractivity contribution is 0.0416. The minimum absolute atomic E-state index is 0.263. The molecule has 0 saturated carbocycles. The van der Waals surface area contributed by atoms with Gasteiger partial charge >= 0.3 is 0 Å². The van der Waals surface area contributed by atoms with Gasteiger partial charge in [0, 0.05) is 31.2 Å². The van der Waals surface area contributed by atoms with Crippen molar-refractivity contribution in [1.29, 1.82) is 0 Å². The van der Waals surface area contributed by atoms with Gasteiger partial charge < -0.3 is 5.32 Å². The number of nitrogens with one attached hydrogen (secondary N) is 1. The highest BCUT2D eigenvalue weighted by Gasteiger charge is 2.35. The van der Waals surface area contributed by atoms with Crippen molar-refractivity contribution < 1.29 is 0 Å². The number of hydrogen-bond donors (Lipinski definition) is 1. The van der Waals surface area contributed by atoms with Crippen LogP contribution in [0.25, 0.3) is 0 Å². The van der Waals surface area contributed by atoms with Gasteiger partial charge in [0.15, 0.2) is 0 Å². The van der Waals surface area contributed by atoms with E-state index < -0.39 is 0 Å². The number of hydrogen-bond acceptors (Lipinski definition) is 2. The summed E-state index contributed by atoms with van der Waals surface area (Å²) in [6, 6.07) is 0.709. The highest BCUT2D eigenvalue weighted by Crippen LogP contribution is 2.30. The Morgan fingerprint density at radius 2 is 1.94 bits per heavy atom. The van der Waals surface area contributed by atoms with Crippen molar-refractivity contribution in [1.82, 2.24) is 10.2 Å². The molecule has 1 N–H and O–H groups in total. The van der Waals surface area contributed by atoms with Crippen LogP contribution >= 0.6 is 0 Å². The molecule has 1 unspecified atom stereocenters. The van der Waals surface area contributed by atoms with E-state index >= 15 is 0 Å². The van der Waals surface area contributed by atoms with Crippen LogP contribution in [0.1, 0.15) is 54.9 Å². The summed E-state index contributed by atoms with van der Waals surface area (Å²) in [5, 5.41) is 3.66. The highest BCUT2D eigenvalue weighted by molar-refractivity contribution is 4.93. The van der Waals surface area contributed by atoms with Crippen molar-refractivity contribution in [3.05, 3.63) is 0 Å². The van der Waals surface area contributed by atoms with Crippen molar-refractivity contribution in [3.63, 3.8) is 0 Å². The van der Waals surface area contributed by atoms with Crippen LogP contribution in [-0.4, -0.2) is 36.1 Å². The topological polar surface area (TPSA) is 15.3 Å². The Bertz CT molecular complexity index is 243. The van der Waals surface area contributed by atoms with E-state index in [1.165, 1.54) is 19.5 Å². The molecule has 1 fully saturated rings. The summed E-state index contributed by atoms with van der Waals surface area (Å²) >= 11 is 0. The van der Waals surface area contributed by atoms with E-state index in [1.54, 1.807) is 0 Å². The second-order valence-corrected chi connectivity index (χ2v) is 7.38. The maximum absolute atomic E-state index is 3.66. The number of rotatable bonds is 4. The fourth-order valence-corrected chi connectivity index (χ4v) is 2.51. The van der Waals surface area contributed by atoms with Crippen LogP contribution in [0.3, 0.4) is 0 Å². The molecule has 1 aliphatic heterocycles. The van der Waals surface area contributed by atoms with Gasteiger partial charge in [0.05, 0.1) is 0 Å². The Kier molecular flexibility index (Phi) is 4.65. The zero-order valence-electron chi connectivity index (χ0n) is 12.9. The number of nitrogens with zero attached hydrogens (tertiary/aromatic N) is 1. The maximum Gasteiger partial charge on any atom is 0.0252 e. The Balaban J connectivity index is 2.71. The van der Waals surface area contributed by atoms with Crippen LogP contribution in [0.2, 0.25) is 0 Å². The van der Waals surface area contributed by atoms with E-state index in [-0.39, 0.29) is 5.54 Å². The van der Waals surface area contributed by atoms with Gasteiger partial charge in [-0.1, -0.05) is 34.6 Å². The van der Waals surface area contributed by atoms with Crippen molar-refractivity contribution >= 4 is 0 Å². The van der Waals surface area contributed by atoms with Gasteiger partial charge in [-0.3, -0.25) is 4.90 Å². The van der Waals surface area contributed by atoms with Crippen molar-refractivity contribution in [2.24, 2.45) is 11.3 Å². The molecule has 1 aliphatic rings. The lowest BCUT2D eigenvalue weighted by Gasteiger charge is -2.48. The van der Waals surface area contributed by atoms with Gasteiger partial charge in [-0.15, -0.1) is 0 Å². The first kappa shape index (κ1) is 15.0. The molecule has 2 nitrogen and oxygen atoms in total. The van der Waals surface area contributed by atoms with E-state index in [0.29, 0.717) is 11.5 Å². The van der Waals surface area contributed by atoms with Gasteiger partial charge in [0.1, 0.15) is 0 Å². The second-order valence-electron chi connectivity index (χ2n) is 7.38. The Morgan fingerprint density at radius 3 is 2.41 bits per heavy atom. The van der Waals surface area contributed by atoms with Crippen LogP contribution < -0.4 is 5.32 Å². The van der Waals surface area contributed by atoms with E-state index in [1.807, 2.05) is 0 Å². The molecule has 17 heavy (non-hydrogen) atoms. The monoisotopic (exact) mass is 240 g/mol. The molecular weight excluding hydrogens is 208 g/mol. The fourth-order valence-electron chi connectivity index (χ4n) is 2.51. The molecule has 1 rings (SSSR count). The molecule has 2 heteroatoms. The summed E-state index contributed by atoms with van der Waals surface area (Å²) in [6.45, 7) is 19.9. The van der Waals surface area contributed by atoms with Crippen molar-refractivity contribution in [2.45, 2.75) is 66.5 Å². The lowest BCUT2D eigenvalue weighted by Crippen LogP contribution is -2.62. The highest BCUT2D eigenvalue weighted by atomic mass is 15.3. The number of piperazine rings is 1. The zero-order valence-corrected chi connectivity index (χ0v) is 12.9. The second kappa shape index (κ2) is 5.27. The Labute approximate surface area is 108 Å². The molecule has 0 radical (unpaired) electrons. The summed E-state index contributed by atoms with van der Waals surface area (Å²) in [5.41, 5.74) is 0.666. The Hall–Kier alpha value is -0.0800. The minimum atomic E-state index is 0.263. The SMILES string of the molecule is CCC1CNC(C)(C)CN1CC(C)(C)C(C)C. The first-order valence-corrected chi connectivity index (χ1v) is 7.17. The summed E-state index contributed by atoms with van der Waals surface area (Å²) in [6.07, 6.45) is 1.25. The average Bonchev–Trinajstić information content (AvgIpc) is 2.15. The first-order valence-electron chi connectivity index (χ1n) is 7.17. The maximum atomic E-state index is 3.66. The van der Waals surface area contributed by atoms with Crippen LogP contribution in [0.5, 0.6) is 0 Å². The van der Waals surface area contributed by atoms with Crippen LogP contribution in [0, 0.1) is 11.3 Å². The van der Waals surface area contributed by atoms with E-state index in [4.69, 9.17) is 0 Å². The quantitative estimate of drug-likeness (QED) is 0.812. The molecule has 0 spiro atoms. The summed E-state index contributed by atoms with van der Waals surface area (Å²) < 4.78 is 0. The molecule has 1 saturated heterocycles. The van der Waals surface area contributed by atoms with Crippen molar-refractivity contribution in [2.75, 3.05) is 19.6 Å². The molecule has 102 valence electrons. The zero-order chi connectivity index (χ0) is 13.3. The fraction of sp³-hybridized carbons (Fsp3) is 1.00. The molecule has 0 bridgehead atoms. The standard InChI is InChI=1S/C15H32N2/c1-8-13-9-16-15(6,7)11-17(13)10-14(4,5)12(2)3/h12-13,16H,8-11H2,1-7H3. The van der Waals surface area contributed by atoms with Gasteiger partial charge in [-0.05, 0) is 31.6 Å². The summed E-state index contributed by atoms with van der Waals surface area (Å²) in [4.78, 5) is 2.70. The molecular formula is C15H32N2. The van der Waals surface area contributed by atoms with Gasteiger partial charge in [-0.25, -0.2) is 0 Å². The molecule has 0 amide bonds. The van der Waals surface area contributed by atoms with Crippen LogP contribution in [0.4, 0.5) is 0 Å². The average molecular weight is 240 g/mol. The van der Waals surface area contributed by atoms with E-state index in [0.717, 1.165) is 12.5 Å². The van der Waals surface area contributed by atoms with E-state index in [2.05, 4.69) is 58.7 Å². The lowest BCUT2D eigenvalue weighted by atomic mass is 9.79. The molecule has 1 heterocycles. The van der Waals surface area contributed by atoms with Crippen molar-refractivity contribution in [3.8, 4) is 0 Å². The van der Waals surface area contributed by atoms with Gasteiger partial charge in [-0.2, -0.15) is 0 Å².